The van der Waals surface area contributed by atoms with E-state index in [0.29, 0.717) is 22.1 Å². The van der Waals surface area contributed by atoms with E-state index in [1.165, 1.54) is 0 Å². The van der Waals surface area contributed by atoms with Crippen LogP contribution >= 0.6 is 27.5 Å². The molecule has 1 amide bonds. The number of nitrogens with two attached hydrogens (primary N) is 1. The Bertz CT molecular complexity index is 643. The molecule has 0 fully saturated rings. The van der Waals surface area contributed by atoms with E-state index in [4.69, 9.17) is 26.6 Å². The summed E-state index contributed by atoms with van der Waals surface area (Å²) in [4.78, 5) is 11.4. The zero-order valence-electron chi connectivity index (χ0n) is 10.6. The second kappa shape index (κ2) is 6.30. The van der Waals surface area contributed by atoms with E-state index < -0.39 is 5.91 Å². The van der Waals surface area contributed by atoms with Gasteiger partial charge in [0.2, 0.25) is 0 Å². The average Bonchev–Trinajstić information content (AvgIpc) is 2.80. The topological polar surface area (TPSA) is 77.5 Å². The van der Waals surface area contributed by atoms with Crippen LogP contribution in [0.5, 0.6) is 5.75 Å². The van der Waals surface area contributed by atoms with E-state index in [1.54, 1.807) is 25.1 Å². The van der Waals surface area contributed by atoms with Gasteiger partial charge in [-0.05, 0) is 31.2 Å². The number of amides is 1. The van der Waals surface area contributed by atoms with Crippen molar-refractivity contribution in [2.24, 2.45) is 5.84 Å². The van der Waals surface area contributed by atoms with Crippen LogP contribution in [0.2, 0.25) is 5.02 Å². The van der Waals surface area contributed by atoms with Gasteiger partial charge in [0.15, 0.2) is 5.76 Å². The number of carbonyl (C=O) groups excluding carboxylic acids is 1. The van der Waals surface area contributed by atoms with Crippen molar-refractivity contribution in [1.82, 2.24) is 5.43 Å². The van der Waals surface area contributed by atoms with Gasteiger partial charge in [0, 0.05) is 10.0 Å². The molecule has 5 nitrogen and oxygen atoms in total. The first-order valence-electron chi connectivity index (χ1n) is 5.69. The van der Waals surface area contributed by atoms with Gasteiger partial charge in [-0.2, -0.15) is 0 Å². The molecule has 0 aliphatic rings. The number of benzene rings is 1. The van der Waals surface area contributed by atoms with E-state index in [2.05, 4.69) is 15.9 Å². The van der Waals surface area contributed by atoms with E-state index in [1.807, 2.05) is 11.5 Å². The van der Waals surface area contributed by atoms with Gasteiger partial charge >= 0.3 is 5.91 Å². The minimum atomic E-state index is -0.478. The summed E-state index contributed by atoms with van der Waals surface area (Å²) in [5.41, 5.74) is 2.71. The monoisotopic (exact) mass is 358 g/mol. The number of hydrazine groups is 1. The molecule has 0 saturated carbocycles. The predicted molar refractivity (Wildman–Crippen MR) is 78.6 cm³/mol. The van der Waals surface area contributed by atoms with Gasteiger partial charge in [-0.25, -0.2) is 5.84 Å². The number of furan rings is 1. The highest BCUT2D eigenvalue weighted by atomic mass is 79.9. The standard InChI is InChI=1S/C13H12BrClN2O3/c1-7-4-9(20-12(7)13(18)17-16)6-19-11-5-8(14)2-3-10(11)15/h2-5H,6,16H2,1H3,(H,17,18). The quantitative estimate of drug-likeness (QED) is 0.499. The molecule has 2 rings (SSSR count). The lowest BCUT2D eigenvalue weighted by Crippen LogP contribution is -2.30. The van der Waals surface area contributed by atoms with Crippen LogP contribution < -0.4 is 16.0 Å². The Balaban J connectivity index is 2.11. The van der Waals surface area contributed by atoms with Gasteiger partial charge in [0.05, 0.1) is 5.02 Å². The molecule has 1 aromatic carbocycles. The molecular formula is C13H12BrClN2O3. The summed E-state index contributed by atoms with van der Waals surface area (Å²) >= 11 is 9.35. The van der Waals surface area contributed by atoms with Gasteiger partial charge in [-0.3, -0.25) is 10.2 Å². The number of nitrogen functional groups attached to an aromatic ring is 1. The molecule has 0 aliphatic heterocycles. The third kappa shape index (κ3) is 3.33. The molecule has 1 heterocycles. The van der Waals surface area contributed by atoms with E-state index in [-0.39, 0.29) is 12.4 Å². The van der Waals surface area contributed by atoms with Gasteiger partial charge in [-0.1, -0.05) is 27.5 Å². The van der Waals surface area contributed by atoms with Crippen LogP contribution in [0.1, 0.15) is 21.9 Å². The maximum Gasteiger partial charge on any atom is 0.301 e. The third-order valence-corrected chi connectivity index (χ3v) is 3.37. The summed E-state index contributed by atoms with van der Waals surface area (Å²) in [6.07, 6.45) is 0. The van der Waals surface area contributed by atoms with Gasteiger partial charge in [0.25, 0.3) is 0 Å². The number of halogens is 2. The summed E-state index contributed by atoms with van der Waals surface area (Å²) in [7, 11) is 0. The minimum absolute atomic E-state index is 0.162. The molecule has 0 unspecified atom stereocenters. The predicted octanol–water partition coefficient (Wildman–Crippen LogP) is 3.19. The highest BCUT2D eigenvalue weighted by Crippen LogP contribution is 2.29. The number of hydrogen-bond acceptors (Lipinski definition) is 4. The minimum Gasteiger partial charge on any atom is -0.484 e. The van der Waals surface area contributed by atoms with Crippen molar-refractivity contribution in [3.63, 3.8) is 0 Å². The number of carbonyl (C=O) groups is 1. The highest BCUT2D eigenvalue weighted by Gasteiger charge is 2.15. The Labute approximate surface area is 129 Å². The molecular weight excluding hydrogens is 348 g/mol. The van der Waals surface area contributed by atoms with Crippen LogP contribution in [0.4, 0.5) is 0 Å². The average molecular weight is 360 g/mol. The summed E-state index contributed by atoms with van der Waals surface area (Å²) in [6.45, 7) is 1.92. The largest absolute Gasteiger partial charge is 0.484 e. The fourth-order valence-corrected chi connectivity index (χ4v) is 2.16. The fourth-order valence-electron chi connectivity index (χ4n) is 1.65. The summed E-state index contributed by atoms with van der Waals surface area (Å²) in [6, 6.07) is 7.01. The maximum atomic E-state index is 11.4. The maximum absolute atomic E-state index is 11.4. The molecule has 0 spiro atoms. The van der Waals surface area contributed by atoms with E-state index in [9.17, 15) is 4.79 Å². The van der Waals surface area contributed by atoms with Crippen LogP contribution in [-0.4, -0.2) is 5.91 Å². The number of rotatable bonds is 4. The van der Waals surface area contributed by atoms with Crippen molar-refractivity contribution in [3.8, 4) is 5.75 Å². The molecule has 0 atom stereocenters. The van der Waals surface area contributed by atoms with Crippen molar-refractivity contribution < 1.29 is 13.9 Å². The first kappa shape index (κ1) is 14.9. The molecule has 1 aromatic heterocycles. The summed E-state index contributed by atoms with van der Waals surface area (Å²) < 4.78 is 11.8. The zero-order chi connectivity index (χ0) is 14.7. The normalized spacial score (nSPS) is 10.4. The molecule has 7 heteroatoms. The lowest BCUT2D eigenvalue weighted by molar-refractivity contribution is 0.0921. The third-order valence-electron chi connectivity index (χ3n) is 2.57. The van der Waals surface area contributed by atoms with E-state index in [0.717, 1.165) is 4.47 Å². The van der Waals surface area contributed by atoms with Crippen molar-refractivity contribution in [1.29, 1.82) is 0 Å². The van der Waals surface area contributed by atoms with Crippen molar-refractivity contribution >= 4 is 33.4 Å². The summed E-state index contributed by atoms with van der Waals surface area (Å²) in [5, 5.41) is 0.497. The van der Waals surface area contributed by atoms with Crippen molar-refractivity contribution in [3.05, 3.63) is 50.8 Å². The molecule has 0 aliphatic carbocycles. The van der Waals surface area contributed by atoms with Crippen LogP contribution in [0.3, 0.4) is 0 Å². The molecule has 20 heavy (non-hydrogen) atoms. The Kier molecular flexibility index (Phi) is 4.69. The Morgan fingerprint density at radius 3 is 2.95 bits per heavy atom. The second-order valence-electron chi connectivity index (χ2n) is 4.06. The van der Waals surface area contributed by atoms with Crippen LogP contribution in [0.25, 0.3) is 0 Å². The van der Waals surface area contributed by atoms with Gasteiger partial charge in [-0.15, -0.1) is 0 Å². The second-order valence-corrected chi connectivity index (χ2v) is 5.38. The van der Waals surface area contributed by atoms with Crippen molar-refractivity contribution in [2.75, 3.05) is 0 Å². The Hall–Kier alpha value is -1.50. The number of ether oxygens (including phenoxy) is 1. The van der Waals surface area contributed by atoms with Crippen LogP contribution in [0, 0.1) is 6.92 Å². The Morgan fingerprint density at radius 2 is 2.25 bits per heavy atom. The lowest BCUT2D eigenvalue weighted by atomic mass is 10.2. The first-order chi connectivity index (χ1) is 9.51. The molecule has 106 valence electrons. The van der Waals surface area contributed by atoms with Crippen LogP contribution in [0.15, 0.2) is 33.2 Å². The number of aryl methyl sites for hydroxylation is 1. The smallest absolute Gasteiger partial charge is 0.301 e. The number of nitrogens with one attached hydrogen (secondary N) is 1. The zero-order valence-corrected chi connectivity index (χ0v) is 12.9. The fraction of sp³-hybridized carbons (Fsp3) is 0.154. The van der Waals surface area contributed by atoms with Gasteiger partial charge < -0.3 is 9.15 Å². The molecule has 0 saturated heterocycles. The molecule has 0 radical (unpaired) electrons. The number of hydrogen-bond donors (Lipinski definition) is 2. The summed E-state index contributed by atoms with van der Waals surface area (Å²) in [5.74, 6) is 5.80. The lowest BCUT2D eigenvalue weighted by Gasteiger charge is -2.06. The van der Waals surface area contributed by atoms with E-state index >= 15 is 0 Å². The molecule has 3 N–H and O–H groups in total. The molecule has 0 bridgehead atoms. The van der Waals surface area contributed by atoms with Crippen LogP contribution in [-0.2, 0) is 6.61 Å². The molecule has 2 aromatic rings. The Morgan fingerprint density at radius 1 is 1.50 bits per heavy atom. The highest BCUT2D eigenvalue weighted by molar-refractivity contribution is 9.10. The van der Waals surface area contributed by atoms with Crippen molar-refractivity contribution in [2.45, 2.75) is 13.5 Å². The first-order valence-corrected chi connectivity index (χ1v) is 6.86. The SMILES string of the molecule is Cc1cc(COc2cc(Br)ccc2Cl)oc1C(=O)NN. The van der Waals surface area contributed by atoms with Gasteiger partial charge in [0.1, 0.15) is 18.1 Å².